The minimum atomic E-state index is 0.569. The molecular weight excluding hydrogens is 336 g/mol. The highest BCUT2D eigenvalue weighted by atomic mass is 14.2. The van der Waals surface area contributed by atoms with E-state index >= 15 is 0 Å². The first-order valence-corrected chi connectivity index (χ1v) is 11.4. The van der Waals surface area contributed by atoms with E-state index in [0.29, 0.717) is 5.92 Å². The topological polar surface area (TPSA) is 0 Å². The van der Waals surface area contributed by atoms with Crippen molar-refractivity contribution in [3.05, 3.63) is 70.8 Å². The number of rotatable bonds is 7. The van der Waals surface area contributed by atoms with Crippen molar-refractivity contribution < 1.29 is 0 Å². The summed E-state index contributed by atoms with van der Waals surface area (Å²) in [5.74, 6) is 8.29. The number of hydrogen-bond donors (Lipinski definition) is 0. The minimum absolute atomic E-state index is 0.569. The first-order chi connectivity index (χ1) is 13.7. The second-order valence-electron chi connectivity index (χ2n) is 8.59. The standard InChI is InChI=1S/C28H36/c1-3-4-5-6-7-8-24-11-13-25(14-12-24)15-16-26-17-21-28(22-18-26)27-19-9-23(2)10-20-27/h9-14,19-20,26,28H,3-8,17-18,21-22H2,1-2H3/t26-,28-. The molecule has 0 atom stereocenters. The molecule has 3 rings (SSSR count). The third kappa shape index (κ3) is 6.56. The summed E-state index contributed by atoms with van der Waals surface area (Å²) in [7, 11) is 0. The molecule has 28 heavy (non-hydrogen) atoms. The predicted molar refractivity (Wildman–Crippen MR) is 122 cm³/mol. The lowest BCUT2D eigenvalue weighted by Crippen LogP contribution is -2.12. The maximum atomic E-state index is 3.55. The van der Waals surface area contributed by atoms with E-state index in [4.69, 9.17) is 0 Å². The lowest BCUT2D eigenvalue weighted by Gasteiger charge is -2.26. The van der Waals surface area contributed by atoms with E-state index in [2.05, 4.69) is 74.2 Å². The lowest BCUT2D eigenvalue weighted by molar-refractivity contribution is 0.384. The Hall–Kier alpha value is -2.00. The molecule has 1 aliphatic carbocycles. The van der Waals surface area contributed by atoms with Gasteiger partial charge in [-0.1, -0.05) is 86.4 Å². The third-order valence-corrected chi connectivity index (χ3v) is 6.22. The molecule has 0 unspecified atom stereocenters. The summed E-state index contributed by atoms with van der Waals surface area (Å²) < 4.78 is 0. The van der Waals surface area contributed by atoms with E-state index < -0.39 is 0 Å². The monoisotopic (exact) mass is 372 g/mol. The first kappa shape index (κ1) is 20.7. The summed E-state index contributed by atoms with van der Waals surface area (Å²) in [6.07, 6.45) is 13.0. The Bertz CT molecular complexity index is 746. The van der Waals surface area contributed by atoms with Crippen molar-refractivity contribution in [1.82, 2.24) is 0 Å². The second-order valence-corrected chi connectivity index (χ2v) is 8.59. The maximum absolute atomic E-state index is 3.55. The second kappa shape index (κ2) is 11.1. The first-order valence-electron chi connectivity index (χ1n) is 11.4. The molecule has 0 aromatic heterocycles. The molecule has 0 N–H and O–H groups in total. The Kier molecular flexibility index (Phi) is 8.23. The van der Waals surface area contributed by atoms with Gasteiger partial charge in [-0.3, -0.25) is 0 Å². The summed E-state index contributed by atoms with van der Waals surface area (Å²) in [5, 5.41) is 0. The molecule has 2 aromatic carbocycles. The van der Waals surface area contributed by atoms with Crippen LogP contribution in [0.5, 0.6) is 0 Å². The number of unbranched alkanes of at least 4 members (excludes halogenated alkanes) is 4. The quantitative estimate of drug-likeness (QED) is 0.343. The molecule has 0 heteroatoms. The summed E-state index contributed by atoms with van der Waals surface area (Å²) >= 11 is 0. The van der Waals surface area contributed by atoms with Gasteiger partial charge in [-0.15, -0.1) is 0 Å². The van der Waals surface area contributed by atoms with Gasteiger partial charge in [0.05, 0.1) is 0 Å². The Morgan fingerprint density at radius 1 is 0.786 bits per heavy atom. The zero-order valence-electron chi connectivity index (χ0n) is 17.8. The molecule has 1 saturated carbocycles. The molecule has 1 fully saturated rings. The SMILES string of the molecule is CCCCCCCc1ccc(C#C[C@H]2CC[C@H](c3ccc(C)cc3)CC2)cc1. The Morgan fingerprint density at radius 3 is 2.14 bits per heavy atom. The van der Waals surface area contributed by atoms with Crippen LogP contribution in [0, 0.1) is 24.7 Å². The zero-order valence-corrected chi connectivity index (χ0v) is 17.8. The molecule has 0 spiro atoms. The van der Waals surface area contributed by atoms with Gasteiger partial charge in [-0.2, -0.15) is 0 Å². The van der Waals surface area contributed by atoms with Crippen molar-refractivity contribution in [3.8, 4) is 11.8 Å². The maximum Gasteiger partial charge on any atom is 0.0245 e. The van der Waals surface area contributed by atoms with Crippen LogP contribution in [0.25, 0.3) is 0 Å². The Balaban J connectivity index is 1.43. The van der Waals surface area contributed by atoms with Crippen LogP contribution in [0.4, 0.5) is 0 Å². The van der Waals surface area contributed by atoms with Gasteiger partial charge in [0, 0.05) is 11.5 Å². The van der Waals surface area contributed by atoms with Crippen molar-refractivity contribution in [1.29, 1.82) is 0 Å². The van der Waals surface area contributed by atoms with Crippen molar-refractivity contribution in [2.45, 2.75) is 84.0 Å². The van der Waals surface area contributed by atoms with Crippen LogP contribution in [0.1, 0.15) is 92.9 Å². The van der Waals surface area contributed by atoms with Gasteiger partial charge in [0.15, 0.2) is 0 Å². The van der Waals surface area contributed by atoms with Gasteiger partial charge in [0.2, 0.25) is 0 Å². The van der Waals surface area contributed by atoms with Gasteiger partial charge < -0.3 is 0 Å². The van der Waals surface area contributed by atoms with E-state index in [1.807, 2.05) is 0 Å². The van der Waals surface area contributed by atoms with Gasteiger partial charge in [0.25, 0.3) is 0 Å². The largest absolute Gasteiger partial charge is 0.0945 e. The summed E-state index contributed by atoms with van der Waals surface area (Å²) in [6.45, 7) is 4.44. The molecule has 0 saturated heterocycles. The van der Waals surface area contributed by atoms with Crippen LogP contribution in [-0.4, -0.2) is 0 Å². The van der Waals surface area contributed by atoms with E-state index in [-0.39, 0.29) is 0 Å². The summed E-state index contributed by atoms with van der Waals surface area (Å²) in [5.41, 5.74) is 5.50. The van der Waals surface area contributed by atoms with Gasteiger partial charge in [-0.05, 0) is 74.6 Å². The van der Waals surface area contributed by atoms with E-state index in [1.54, 1.807) is 0 Å². The van der Waals surface area contributed by atoms with Crippen LogP contribution in [0.3, 0.4) is 0 Å². The Labute approximate surface area is 172 Å². The normalized spacial score (nSPS) is 19.1. The summed E-state index contributed by atoms with van der Waals surface area (Å²) in [6, 6.07) is 18.1. The smallest absolute Gasteiger partial charge is 0.0245 e. The highest BCUT2D eigenvalue weighted by Crippen LogP contribution is 2.35. The van der Waals surface area contributed by atoms with Crippen molar-refractivity contribution in [2.24, 2.45) is 5.92 Å². The van der Waals surface area contributed by atoms with Crippen LogP contribution < -0.4 is 0 Å². The van der Waals surface area contributed by atoms with Gasteiger partial charge in [-0.25, -0.2) is 0 Å². The molecule has 1 aliphatic rings. The van der Waals surface area contributed by atoms with Gasteiger partial charge in [0.1, 0.15) is 0 Å². The number of aryl methyl sites for hydroxylation is 2. The Morgan fingerprint density at radius 2 is 1.46 bits per heavy atom. The van der Waals surface area contributed by atoms with Crippen molar-refractivity contribution >= 4 is 0 Å². The third-order valence-electron chi connectivity index (χ3n) is 6.22. The molecule has 0 aliphatic heterocycles. The minimum Gasteiger partial charge on any atom is -0.0945 e. The molecule has 0 bridgehead atoms. The van der Waals surface area contributed by atoms with E-state index in [0.717, 1.165) is 5.92 Å². The molecule has 2 aromatic rings. The lowest BCUT2D eigenvalue weighted by atomic mass is 9.79. The van der Waals surface area contributed by atoms with Crippen LogP contribution in [0.15, 0.2) is 48.5 Å². The summed E-state index contributed by atoms with van der Waals surface area (Å²) in [4.78, 5) is 0. The van der Waals surface area contributed by atoms with Crippen LogP contribution in [-0.2, 0) is 6.42 Å². The van der Waals surface area contributed by atoms with Crippen molar-refractivity contribution in [3.63, 3.8) is 0 Å². The fourth-order valence-corrected chi connectivity index (χ4v) is 4.28. The fourth-order valence-electron chi connectivity index (χ4n) is 4.28. The highest BCUT2D eigenvalue weighted by molar-refractivity contribution is 5.37. The van der Waals surface area contributed by atoms with Crippen LogP contribution in [0.2, 0.25) is 0 Å². The van der Waals surface area contributed by atoms with Crippen molar-refractivity contribution in [2.75, 3.05) is 0 Å². The average Bonchev–Trinajstić information content (AvgIpc) is 2.74. The van der Waals surface area contributed by atoms with E-state index in [9.17, 15) is 0 Å². The molecular formula is C28H36. The average molecular weight is 373 g/mol. The molecule has 0 radical (unpaired) electrons. The van der Waals surface area contributed by atoms with Crippen LogP contribution >= 0.6 is 0 Å². The molecule has 0 nitrogen and oxygen atoms in total. The number of hydrogen-bond acceptors (Lipinski definition) is 0. The fraction of sp³-hybridized carbons (Fsp3) is 0.500. The molecule has 148 valence electrons. The van der Waals surface area contributed by atoms with E-state index in [1.165, 1.54) is 86.5 Å². The molecule has 0 heterocycles. The van der Waals surface area contributed by atoms with Gasteiger partial charge >= 0.3 is 0 Å². The zero-order chi connectivity index (χ0) is 19.6. The molecule has 0 amide bonds. The highest BCUT2D eigenvalue weighted by Gasteiger charge is 2.20. The predicted octanol–water partition coefficient (Wildman–Crippen LogP) is 7.83. The number of benzene rings is 2.